The van der Waals surface area contributed by atoms with Crippen LogP contribution in [0.3, 0.4) is 0 Å². The van der Waals surface area contributed by atoms with Gasteiger partial charge in [-0.2, -0.15) is 0 Å². The van der Waals surface area contributed by atoms with Crippen molar-refractivity contribution in [3.63, 3.8) is 0 Å². The van der Waals surface area contributed by atoms with Crippen molar-refractivity contribution in [2.24, 2.45) is 0 Å². The van der Waals surface area contributed by atoms with Gasteiger partial charge in [0.05, 0.1) is 19.0 Å². The number of aryl methyl sites for hydroxylation is 1. The van der Waals surface area contributed by atoms with E-state index >= 15 is 0 Å². The number of rotatable bonds is 10. The van der Waals surface area contributed by atoms with E-state index in [4.69, 9.17) is 9.47 Å². The summed E-state index contributed by atoms with van der Waals surface area (Å²) in [6.45, 7) is 10.7. The van der Waals surface area contributed by atoms with Crippen molar-refractivity contribution in [1.82, 2.24) is 20.1 Å². The second-order valence-electron chi connectivity index (χ2n) is 5.75. The van der Waals surface area contributed by atoms with E-state index in [9.17, 15) is 9.59 Å². The minimum absolute atomic E-state index is 0.0240. The molecule has 10 heteroatoms. The Hall–Kier alpha value is -3.01. The van der Waals surface area contributed by atoms with Crippen LogP contribution < -0.4 is 20.1 Å². The molecule has 0 spiro atoms. The van der Waals surface area contributed by atoms with Crippen LogP contribution in [0.25, 0.3) is 0 Å². The number of hydrogen-bond acceptors (Lipinski definition) is 7. The van der Waals surface area contributed by atoms with E-state index < -0.39 is 11.9 Å². The van der Waals surface area contributed by atoms with Crippen LogP contribution in [0.15, 0.2) is 36.0 Å². The van der Waals surface area contributed by atoms with Gasteiger partial charge in [0.15, 0.2) is 16.7 Å². The average Bonchev–Trinajstić information content (AvgIpc) is 3.02. The van der Waals surface area contributed by atoms with E-state index in [1.807, 2.05) is 25.3 Å². The van der Waals surface area contributed by atoms with Crippen molar-refractivity contribution in [2.75, 3.05) is 24.3 Å². The molecule has 0 aliphatic rings. The number of nitrogens with one attached hydrogen (secondary N) is 2. The zero-order chi connectivity index (χ0) is 21.2. The predicted molar refractivity (Wildman–Crippen MR) is 112 cm³/mol. The van der Waals surface area contributed by atoms with Gasteiger partial charge in [-0.15, -0.1) is 16.8 Å². The molecule has 2 aromatic rings. The van der Waals surface area contributed by atoms with Crippen LogP contribution >= 0.6 is 11.8 Å². The maximum absolute atomic E-state index is 12.1. The Bertz CT molecular complexity index is 868. The van der Waals surface area contributed by atoms with E-state index in [1.54, 1.807) is 24.3 Å². The van der Waals surface area contributed by atoms with Gasteiger partial charge in [-0.3, -0.25) is 10.1 Å². The molecule has 1 aromatic carbocycles. The standard InChI is InChI=1S/C19H25N5O4S/c1-5-10-24-13(4)22-23-19(24)29-12-17(25)21-18(26)20-14-8-9-15(27-6-2)16(11-14)28-7-3/h5,8-9,11H,1,6-7,10,12H2,2-4H3,(H2,20,21,25,26). The van der Waals surface area contributed by atoms with Crippen molar-refractivity contribution < 1.29 is 19.1 Å². The predicted octanol–water partition coefficient (Wildman–Crippen LogP) is 3.01. The number of carbonyl (C=O) groups excluding carboxylic acids is 2. The average molecular weight is 420 g/mol. The van der Waals surface area contributed by atoms with Crippen LogP contribution in [-0.2, 0) is 11.3 Å². The lowest BCUT2D eigenvalue weighted by atomic mass is 10.2. The second kappa shape index (κ2) is 11.1. The maximum Gasteiger partial charge on any atom is 0.325 e. The third kappa shape index (κ3) is 6.53. The summed E-state index contributed by atoms with van der Waals surface area (Å²) in [6.07, 6.45) is 1.72. The minimum atomic E-state index is -0.633. The Labute approximate surface area is 173 Å². The zero-order valence-electron chi connectivity index (χ0n) is 16.7. The number of thioether (sulfide) groups is 1. The van der Waals surface area contributed by atoms with Crippen molar-refractivity contribution in [1.29, 1.82) is 0 Å². The van der Waals surface area contributed by atoms with E-state index in [2.05, 4.69) is 27.4 Å². The van der Waals surface area contributed by atoms with Crippen LogP contribution in [0, 0.1) is 6.92 Å². The van der Waals surface area contributed by atoms with Gasteiger partial charge >= 0.3 is 6.03 Å². The number of imide groups is 1. The van der Waals surface area contributed by atoms with Crippen molar-refractivity contribution >= 4 is 29.4 Å². The number of allylic oxidation sites excluding steroid dienone is 1. The van der Waals surface area contributed by atoms with Crippen LogP contribution in [-0.4, -0.2) is 45.7 Å². The summed E-state index contributed by atoms with van der Waals surface area (Å²) < 4.78 is 12.8. The second-order valence-corrected chi connectivity index (χ2v) is 6.69. The fraction of sp³-hybridized carbons (Fsp3) is 0.368. The molecule has 0 atom stereocenters. The summed E-state index contributed by atoms with van der Waals surface area (Å²) in [4.78, 5) is 24.2. The summed E-state index contributed by atoms with van der Waals surface area (Å²) in [5, 5.41) is 13.5. The van der Waals surface area contributed by atoms with Gasteiger partial charge in [0.1, 0.15) is 5.82 Å². The first-order valence-electron chi connectivity index (χ1n) is 9.12. The molecular formula is C19H25N5O4S. The lowest BCUT2D eigenvalue weighted by molar-refractivity contribution is -0.117. The molecule has 0 saturated heterocycles. The van der Waals surface area contributed by atoms with Crippen molar-refractivity contribution in [3.8, 4) is 11.5 Å². The number of benzene rings is 1. The monoisotopic (exact) mass is 419 g/mol. The molecule has 3 amide bonds. The fourth-order valence-corrected chi connectivity index (χ4v) is 3.19. The molecule has 2 N–H and O–H groups in total. The first-order chi connectivity index (χ1) is 14.0. The van der Waals surface area contributed by atoms with Gasteiger partial charge in [-0.25, -0.2) is 4.79 Å². The molecule has 29 heavy (non-hydrogen) atoms. The van der Waals surface area contributed by atoms with Gasteiger partial charge in [-0.1, -0.05) is 17.8 Å². The first kappa shape index (κ1) is 22.3. The maximum atomic E-state index is 12.1. The Morgan fingerprint density at radius 1 is 1.21 bits per heavy atom. The number of carbonyl (C=O) groups is 2. The molecule has 9 nitrogen and oxygen atoms in total. The van der Waals surface area contributed by atoms with Crippen LogP contribution in [0.4, 0.5) is 10.5 Å². The van der Waals surface area contributed by atoms with E-state index in [-0.39, 0.29) is 5.75 Å². The van der Waals surface area contributed by atoms with Crippen molar-refractivity contribution in [3.05, 3.63) is 36.7 Å². The molecule has 156 valence electrons. The Balaban J connectivity index is 1.91. The number of nitrogens with zero attached hydrogens (tertiary/aromatic N) is 3. The van der Waals surface area contributed by atoms with Gasteiger partial charge < -0.3 is 19.4 Å². The van der Waals surface area contributed by atoms with Gasteiger partial charge in [0.25, 0.3) is 0 Å². The zero-order valence-corrected chi connectivity index (χ0v) is 17.5. The quantitative estimate of drug-likeness (QED) is 0.450. The summed E-state index contributed by atoms with van der Waals surface area (Å²) in [6, 6.07) is 4.39. The Kier molecular flexibility index (Phi) is 8.53. The first-order valence-corrected chi connectivity index (χ1v) is 10.1. The molecule has 0 aliphatic carbocycles. The summed E-state index contributed by atoms with van der Waals surface area (Å²) in [5.74, 6) is 1.41. The number of aromatic nitrogens is 3. The minimum Gasteiger partial charge on any atom is -0.490 e. The molecule has 0 unspecified atom stereocenters. The molecule has 0 saturated carbocycles. The molecule has 1 aromatic heterocycles. The number of urea groups is 1. The fourth-order valence-electron chi connectivity index (χ4n) is 2.39. The van der Waals surface area contributed by atoms with Crippen LogP contribution in [0.2, 0.25) is 0 Å². The largest absolute Gasteiger partial charge is 0.490 e. The Morgan fingerprint density at radius 2 is 1.93 bits per heavy atom. The number of hydrogen-bond donors (Lipinski definition) is 2. The highest BCUT2D eigenvalue weighted by atomic mass is 32.2. The number of anilines is 1. The lowest BCUT2D eigenvalue weighted by Gasteiger charge is -2.13. The molecular weight excluding hydrogens is 394 g/mol. The van der Waals surface area contributed by atoms with E-state index in [0.29, 0.717) is 42.1 Å². The normalized spacial score (nSPS) is 10.3. The van der Waals surface area contributed by atoms with Gasteiger partial charge in [-0.05, 0) is 32.9 Å². The van der Waals surface area contributed by atoms with Gasteiger partial charge in [0, 0.05) is 18.3 Å². The third-order valence-electron chi connectivity index (χ3n) is 3.60. The highest BCUT2D eigenvalue weighted by Gasteiger charge is 2.14. The summed E-state index contributed by atoms with van der Waals surface area (Å²) in [5.41, 5.74) is 0.483. The van der Waals surface area contributed by atoms with Crippen LogP contribution in [0.5, 0.6) is 11.5 Å². The third-order valence-corrected chi connectivity index (χ3v) is 4.57. The van der Waals surface area contributed by atoms with Gasteiger partial charge in [0.2, 0.25) is 5.91 Å². The molecule has 2 rings (SSSR count). The van der Waals surface area contributed by atoms with Crippen LogP contribution in [0.1, 0.15) is 19.7 Å². The summed E-state index contributed by atoms with van der Waals surface area (Å²) >= 11 is 1.19. The van der Waals surface area contributed by atoms with E-state index in [1.165, 1.54) is 11.8 Å². The van der Waals surface area contributed by atoms with E-state index in [0.717, 1.165) is 5.82 Å². The highest BCUT2D eigenvalue weighted by Crippen LogP contribution is 2.30. The van der Waals surface area contributed by atoms with Crippen molar-refractivity contribution in [2.45, 2.75) is 32.5 Å². The molecule has 0 bridgehead atoms. The molecule has 0 fully saturated rings. The topological polar surface area (TPSA) is 107 Å². The molecule has 1 heterocycles. The highest BCUT2D eigenvalue weighted by molar-refractivity contribution is 7.99. The number of amides is 3. The Morgan fingerprint density at radius 3 is 2.62 bits per heavy atom. The smallest absolute Gasteiger partial charge is 0.325 e. The molecule has 0 aliphatic heterocycles. The molecule has 0 radical (unpaired) electrons. The SMILES string of the molecule is C=CCn1c(C)nnc1SCC(=O)NC(=O)Nc1ccc(OCC)c(OCC)c1. The number of ether oxygens (including phenoxy) is 2. The summed E-state index contributed by atoms with van der Waals surface area (Å²) in [7, 11) is 0. The lowest BCUT2D eigenvalue weighted by Crippen LogP contribution is -2.35.